The van der Waals surface area contributed by atoms with E-state index in [0.29, 0.717) is 27.2 Å². The van der Waals surface area contributed by atoms with Crippen LogP contribution in [-0.4, -0.2) is 0 Å². The number of rotatable bonds is 5. The lowest BCUT2D eigenvalue weighted by molar-refractivity contribution is 0.669. The molecule has 45 heavy (non-hydrogen) atoms. The summed E-state index contributed by atoms with van der Waals surface area (Å²) in [5.74, 6) is 0. The Morgan fingerprint density at radius 3 is 2.04 bits per heavy atom. The van der Waals surface area contributed by atoms with Crippen molar-refractivity contribution in [3.05, 3.63) is 164 Å². The fourth-order valence-corrected chi connectivity index (χ4v) is 7.04. The molecule has 0 atom stereocenters. The van der Waals surface area contributed by atoms with Crippen molar-refractivity contribution in [2.24, 2.45) is 0 Å². The van der Waals surface area contributed by atoms with Gasteiger partial charge >= 0.3 is 0 Å². The number of nitrogens with zero attached hydrogens (tertiary/aromatic N) is 1. The largest absolute Gasteiger partial charge is 0.454 e. The first-order valence-corrected chi connectivity index (χ1v) is 15.4. The van der Waals surface area contributed by atoms with Crippen LogP contribution in [0.15, 0.2) is 168 Å². The SMILES string of the molecule is [2H]c1c([2H])c([2H])c2c(sc3c([2H])c(N(c4ccc(-c5ccccc5)cc4)c4ccc(-c5ccccc5)c5c4oc4ccccc45)c([2H])c([2H])c32)c1[2H]. The maximum absolute atomic E-state index is 9.67. The number of anilines is 3. The van der Waals surface area contributed by atoms with E-state index in [4.69, 9.17) is 9.90 Å². The molecule has 2 nitrogen and oxygen atoms in total. The molecule has 9 aromatic rings. The zero-order chi connectivity index (χ0) is 35.8. The first-order chi connectivity index (χ1) is 25.2. The van der Waals surface area contributed by atoms with Crippen LogP contribution in [0.5, 0.6) is 0 Å². The molecule has 9 rings (SSSR count). The van der Waals surface area contributed by atoms with Crippen molar-refractivity contribution >= 4 is 70.5 Å². The van der Waals surface area contributed by atoms with E-state index in [0.717, 1.165) is 44.4 Å². The molecule has 3 heteroatoms. The maximum atomic E-state index is 9.67. The van der Waals surface area contributed by atoms with E-state index in [1.54, 1.807) is 4.90 Å². The molecule has 2 heterocycles. The van der Waals surface area contributed by atoms with E-state index in [2.05, 4.69) is 0 Å². The highest BCUT2D eigenvalue weighted by Crippen LogP contribution is 2.47. The van der Waals surface area contributed by atoms with E-state index >= 15 is 0 Å². The van der Waals surface area contributed by atoms with Gasteiger partial charge in [-0.25, -0.2) is 0 Å². The normalized spacial score (nSPS) is 13.7. The summed E-state index contributed by atoms with van der Waals surface area (Å²) in [7, 11) is 0. The van der Waals surface area contributed by atoms with Gasteiger partial charge in [-0.2, -0.15) is 0 Å². The number of para-hydroxylation sites is 1. The second-order valence-electron chi connectivity index (χ2n) is 10.8. The molecule has 0 aliphatic heterocycles. The van der Waals surface area contributed by atoms with Crippen molar-refractivity contribution in [1.29, 1.82) is 0 Å². The molecule has 0 saturated heterocycles. The predicted molar refractivity (Wildman–Crippen MR) is 192 cm³/mol. The van der Waals surface area contributed by atoms with Gasteiger partial charge in [-0.05, 0) is 64.6 Å². The minimum Gasteiger partial charge on any atom is -0.454 e. The van der Waals surface area contributed by atoms with Crippen molar-refractivity contribution in [3.63, 3.8) is 0 Å². The Kier molecular flexibility index (Phi) is 4.58. The van der Waals surface area contributed by atoms with Gasteiger partial charge < -0.3 is 9.32 Å². The van der Waals surface area contributed by atoms with Crippen molar-refractivity contribution < 1.29 is 14.0 Å². The minimum absolute atomic E-state index is 0.0578. The quantitative estimate of drug-likeness (QED) is 0.195. The summed E-state index contributed by atoms with van der Waals surface area (Å²) in [5, 5.41) is 2.13. The molecule has 0 radical (unpaired) electrons. The number of furan rings is 1. The molecule has 0 saturated carbocycles. The predicted octanol–water partition coefficient (Wildman–Crippen LogP) is 12.8. The molecule has 7 aromatic carbocycles. The second kappa shape index (κ2) is 10.5. The average molecular weight is 601 g/mol. The van der Waals surface area contributed by atoms with Gasteiger partial charge in [-0.1, -0.05) is 121 Å². The Morgan fingerprint density at radius 1 is 0.533 bits per heavy atom. The first kappa shape index (κ1) is 19.6. The van der Waals surface area contributed by atoms with Crippen molar-refractivity contribution in [2.75, 3.05) is 4.90 Å². The molecule has 0 aliphatic carbocycles. The summed E-state index contributed by atoms with van der Waals surface area (Å²) in [6.07, 6.45) is 0. The van der Waals surface area contributed by atoms with Crippen LogP contribution in [0.25, 0.3) is 64.4 Å². The molecule has 2 aromatic heterocycles. The summed E-state index contributed by atoms with van der Waals surface area (Å²) >= 11 is 1.05. The number of fused-ring (bicyclic) bond motifs is 6. The van der Waals surface area contributed by atoms with Crippen LogP contribution >= 0.6 is 11.3 Å². The monoisotopic (exact) mass is 600 g/mol. The van der Waals surface area contributed by atoms with Crippen molar-refractivity contribution in [1.82, 2.24) is 0 Å². The van der Waals surface area contributed by atoms with Crippen LogP contribution in [-0.2, 0) is 0 Å². The van der Waals surface area contributed by atoms with Gasteiger partial charge in [0.25, 0.3) is 0 Å². The van der Waals surface area contributed by atoms with E-state index < -0.39 is 6.04 Å². The van der Waals surface area contributed by atoms with Crippen LogP contribution in [0.4, 0.5) is 17.1 Å². The molecule has 0 N–H and O–H groups in total. The van der Waals surface area contributed by atoms with E-state index in [1.807, 2.05) is 121 Å². The summed E-state index contributed by atoms with van der Waals surface area (Å²) in [4.78, 5) is 1.80. The van der Waals surface area contributed by atoms with Gasteiger partial charge in [0.15, 0.2) is 5.58 Å². The Balaban J connectivity index is 1.38. The third-order valence-corrected chi connectivity index (χ3v) is 9.18. The van der Waals surface area contributed by atoms with Crippen LogP contribution in [0.1, 0.15) is 9.60 Å². The van der Waals surface area contributed by atoms with Crippen LogP contribution in [0.3, 0.4) is 0 Å². The fraction of sp³-hybridized carbons (Fsp3) is 0. The zero-order valence-electron chi connectivity index (χ0n) is 30.8. The Hall–Kier alpha value is -5.64. The van der Waals surface area contributed by atoms with Crippen LogP contribution in [0, 0.1) is 0 Å². The summed E-state index contributed by atoms with van der Waals surface area (Å²) in [5.41, 5.74) is 6.58. The molecule has 0 bridgehead atoms. The molecule has 0 unspecified atom stereocenters. The van der Waals surface area contributed by atoms with E-state index in [1.165, 1.54) is 0 Å². The summed E-state index contributed by atoms with van der Waals surface area (Å²) in [6, 6.07) is 37.9. The van der Waals surface area contributed by atoms with Gasteiger partial charge in [0, 0.05) is 42.3 Å². The third kappa shape index (κ3) is 4.32. The smallest absolute Gasteiger partial charge is 0.160 e. The van der Waals surface area contributed by atoms with Gasteiger partial charge in [-0.3, -0.25) is 0 Å². The van der Waals surface area contributed by atoms with Gasteiger partial charge in [0.2, 0.25) is 0 Å². The lowest BCUT2D eigenvalue weighted by Gasteiger charge is -2.26. The highest BCUT2D eigenvalue weighted by atomic mass is 32.1. The Morgan fingerprint density at radius 2 is 1.22 bits per heavy atom. The minimum atomic E-state index is -0.412. The molecule has 0 amide bonds. The number of hydrogen-bond donors (Lipinski definition) is 0. The average Bonchev–Trinajstić information content (AvgIpc) is 3.78. The molecule has 212 valence electrons. The molecular weight excluding hydrogens is 567 g/mol. The van der Waals surface area contributed by atoms with Crippen molar-refractivity contribution in [3.8, 4) is 22.3 Å². The standard InChI is InChI=1S/C42H27NOS/c1-3-11-28(12-4-1)29-19-21-31(22-20-29)43(32-23-24-35-34-15-8-10-18-39(34)45-40(35)27-32)37-26-25-33(30-13-5-2-6-14-30)41-36-16-7-9-17-38(36)44-42(37)41/h1-27H/i8D,10D,15D,18D,23D,24D,27D. The summed E-state index contributed by atoms with van der Waals surface area (Å²) in [6.45, 7) is 0. The van der Waals surface area contributed by atoms with Crippen molar-refractivity contribution in [2.45, 2.75) is 0 Å². The number of thiophene rings is 1. The third-order valence-electron chi connectivity index (χ3n) is 8.16. The molecule has 0 aliphatic rings. The van der Waals surface area contributed by atoms with Gasteiger partial charge in [0.05, 0.1) is 15.3 Å². The number of benzene rings is 7. The Bertz CT molecular complexity index is 2870. The molecular formula is C42H27NOS. The van der Waals surface area contributed by atoms with Crippen LogP contribution in [0.2, 0.25) is 0 Å². The topological polar surface area (TPSA) is 16.4 Å². The zero-order valence-corrected chi connectivity index (χ0v) is 24.6. The van der Waals surface area contributed by atoms with Crippen LogP contribution < -0.4 is 4.90 Å². The van der Waals surface area contributed by atoms with E-state index in [9.17, 15) is 4.11 Å². The molecule has 0 spiro atoms. The fourth-order valence-electron chi connectivity index (χ4n) is 6.07. The maximum Gasteiger partial charge on any atom is 0.160 e. The lowest BCUT2D eigenvalue weighted by Crippen LogP contribution is -2.10. The second-order valence-corrected chi connectivity index (χ2v) is 11.8. The Labute approximate surface area is 274 Å². The van der Waals surface area contributed by atoms with Gasteiger partial charge in [-0.15, -0.1) is 11.3 Å². The first-order valence-electron chi connectivity index (χ1n) is 18.1. The summed E-state index contributed by atoms with van der Waals surface area (Å²) < 4.78 is 69.6. The molecule has 0 fully saturated rings. The number of hydrogen-bond acceptors (Lipinski definition) is 3. The highest BCUT2D eigenvalue weighted by Gasteiger charge is 2.22. The van der Waals surface area contributed by atoms with Gasteiger partial charge in [0.1, 0.15) is 5.58 Å². The highest BCUT2D eigenvalue weighted by molar-refractivity contribution is 7.25. The van der Waals surface area contributed by atoms with E-state index in [-0.39, 0.29) is 57.4 Å². The lowest BCUT2D eigenvalue weighted by atomic mass is 9.98.